The molecule has 0 saturated heterocycles. The van der Waals surface area contributed by atoms with Crippen molar-refractivity contribution < 1.29 is 17.9 Å². The minimum atomic E-state index is -4.32. The molecule has 146 valence electrons. The molecule has 0 saturated carbocycles. The maximum atomic E-state index is 12.6. The highest BCUT2D eigenvalue weighted by Gasteiger charge is 2.29. The first-order chi connectivity index (χ1) is 13.9. The summed E-state index contributed by atoms with van der Waals surface area (Å²) in [5.41, 5.74) is 2.96. The molecule has 4 rings (SSSR count). The number of aromatic nitrogens is 1. The van der Waals surface area contributed by atoms with Gasteiger partial charge in [0.2, 0.25) is 0 Å². The zero-order valence-electron chi connectivity index (χ0n) is 15.4. The molecule has 0 unspecified atom stereocenters. The molecule has 0 spiro atoms. The van der Waals surface area contributed by atoms with Gasteiger partial charge in [-0.3, -0.25) is 0 Å². The molecule has 6 heteroatoms. The third-order valence-corrected chi connectivity index (χ3v) is 5.53. The number of fused-ring (bicyclic) bond motifs is 1. The van der Waals surface area contributed by atoms with Gasteiger partial charge in [0.1, 0.15) is 10.8 Å². The number of hydrogen-bond donors (Lipinski definition) is 0. The molecule has 0 aliphatic heterocycles. The lowest BCUT2D eigenvalue weighted by Crippen LogP contribution is -2.03. The first kappa shape index (κ1) is 19.2. The Morgan fingerprint density at radius 3 is 2.07 bits per heavy atom. The van der Waals surface area contributed by atoms with E-state index in [-0.39, 0.29) is 0 Å². The van der Waals surface area contributed by atoms with Crippen LogP contribution >= 0.6 is 11.3 Å². The molecule has 0 radical (unpaired) electrons. The highest BCUT2D eigenvalue weighted by Crippen LogP contribution is 2.33. The maximum absolute atomic E-state index is 12.6. The SMILES string of the molecule is COc1ccc2nc(-c3ccc(/C=C/c4ccc(C(F)(F)F)cc4)cc3)sc2c1. The fourth-order valence-corrected chi connectivity index (χ4v) is 3.87. The maximum Gasteiger partial charge on any atom is 0.416 e. The Morgan fingerprint density at radius 2 is 1.48 bits per heavy atom. The van der Waals surface area contributed by atoms with Crippen LogP contribution in [0.1, 0.15) is 16.7 Å². The van der Waals surface area contributed by atoms with Crippen molar-refractivity contribution in [1.82, 2.24) is 4.98 Å². The highest BCUT2D eigenvalue weighted by atomic mass is 32.1. The average Bonchev–Trinajstić information content (AvgIpc) is 3.15. The Hall–Kier alpha value is -3.12. The number of ether oxygens (including phenoxy) is 1. The van der Waals surface area contributed by atoms with Gasteiger partial charge in [0, 0.05) is 5.56 Å². The Labute approximate surface area is 169 Å². The van der Waals surface area contributed by atoms with Gasteiger partial charge in [-0.2, -0.15) is 13.2 Å². The zero-order valence-corrected chi connectivity index (χ0v) is 16.2. The minimum Gasteiger partial charge on any atom is -0.497 e. The van der Waals surface area contributed by atoms with Crippen LogP contribution in [0.15, 0.2) is 66.7 Å². The summed E-state index contributed by atoms with van der Waals surface area (Å²) >= 11 is 1.60. The summed E-state index contributed by atoms with van der Waals surface area (Å²) in [6.07, 6.45) is -0.654. The van der Waals surface area contributed by atoms with Crippen molar-refractivity contribution in [2.45, 2.75) is 6.18 Å². The molecular weight excluding hydrogens is 395 g/mol. The standard InChI is InChI=1S/C23H16F3NOS/c1-28-19-12-13-20-21(14-19)29-22(27-20)17-8-4-15(5-9-17)2-3-16-6-10-18(11-7-16)23(24,25)26/h2-14H,1H3/b3-2+. The van der Waals surface area contributed by atoms with Gasteiger partial charge in [-0.15, -0.1) is 11.3 Å². The van der Waals surface area contributed by atoms with Gasteiger partial charge in [0.25, 0.3) is 0 Å². The van der Waals surface area contributed by atoms with Gasteiger partial charge < -0.3 is 4.74 Å². The molecule has 0 atom stereocenters. The third-order valence-electron chi connectivity index (χ3n) is 4.46. The van der Waals surface area contributed by atoms with Crippen LogP contribution in [0.5, 0.6) is 5.75 Å². The van der Waals surface area contributed by atoms with E-state index in [9.17, 15) is 13.2 Å². The summed E-state index contributed by atoms with van der Waals surface area (Å²) in [6, 6.07) is 18.8. The van der Waals surface area contributed by atoms with E-state index in [2.05, 4.69) is 4.98 Å². The summed E-state index contributed by atoms with van der Waals surface area (Å²) in [5.74, 6) is 0.802. The quantitative estimate of drug-likeness (QED) is 0.332. The van der Waals surface area contributed by atoms with Gasteiger partial charge in [-0.1, -0.05) is 48.6 Å². The first-order valence-electron chi connectivity index (χ1n) is 8.83. The number of thiazole rings is 1. The summed E-state index contributed by atoms with van der Waals surface area (Å²) in [5, 5.41) is 0.923. The van der Waals surface area contributed by atoms with Crippen LogP contribution in [0, 0.1) is 0 Å². The second kappa shape index (κ2) is 7.72. The minimum absolute atomic E-state index is 0.646. The smallest absolute Gasteiger partial charge is 0.416 e. The summed E-state index contributed by atoms with van der Waals surface area (Å²) in [4.78, 5) is 4.66. The van der Waals surface area contributed by atoms with Crippen LogP contribution in [-0.2, 0) is 6.18 Å². The van der Waals surface area contributed by atoms with E-state index in [1.807, 2.05) is 48.5 Å². The van der Waals surface area contributed by atoms with Crippen molar-refractivity contribution in [3.05, 3.63) is 83.4 Å². The Kier molecular flexibility index (Phi) is 5.11. The number of alkyl halides is 3. The molecule has 29 heavy (non-hydrogen) atoms. The van der Waals surface area contributed by atoms with Gasteiger partial charge >= 0.3 is 6.18 Å². The Balaban J connectivity index is 1.51. The van der Waals surface area contributed by atoms with E-state index in [0.29, 0.717) is 5.56 Å². The van der Waals surface area contributed by atoms with Gasteiger partial charge in [0.15, 0.2) is 0 Å². The van der Waals surface area contributed by atoms with Crippen molar-refractivity contribution in [3.8, 4) is 16.3 Å². The van der Waals surface area contributed by atoms with Crippen LogP contribution < -0.4 is 4.74 Å². The molecular formula is C23H16F3NOS. The molecule has 0 aliphatic rings. The summed E-state index contributed by atoms with van der Waals surface area (Å²) < 4.78 is 44.2. The van der Waals surface area contributed by atoms with E-state index in [1.165, 1.54) is 12.1 Å². The monoisotopic (exact) mass is 411 g/mol. The van der Waals surface area contributed by atoms with E-state index in [1.54, 1.807) is 24.5 Å². The first-order valence-corrected chi connectivity index (χ1v) is 9.64. The Morgan fingerprint density at radius 1 is 0.862 bits per heavy atom. The molecule has 1 aromatic heterocycles. The second-order valence-electron chi connectivity index (χ2n) is 6.43. The second-order valence-corrected chi connectivity index (χ2v) is 7.46. The van der Waals surface area contributed by atoms with Crippen LogP contribution in [0.25, 0.3) is 32.9 Å². The average molecular weight is 411 g/mol. The molecule has 3 aromatic carbocycles. The number of halogens is 3. The van der Waals surface area contributed by atoms with Gasteiger partial charge in [-0.25, -0.2) is 4.98 Å². The van der Waals surface area contributed by atoms with E-state index >= 15 is 0 Å². The van der Waals surface area contributed by atoms with Crippen molar-refractivity contribution in [1.29, 1.82) is 0 Å². The zero-order chi connectivity index (χ0) is 20.4. The lowest BCUT2D eigenvalue weighted by atomic mass is 10.1. The van der Waals surface area contributed by atoms with Gasteiger partial charge in [0.05, 0.1) is 22.9 Å². The number of rotatable bonds is 4. The van der Waals surface area contributed by atoms with Gasteiger partial charge in [-0.05, 0) is 41.5 Å². The highest BCUT2D eigenvalue weighted by molar-refractivity contribution is 7.21. The van der Waals surface area contributed by atoms with Crippen molar-refractivity contribution >= 4 is 33.7 Å². The number of benzene rings is 3. The topological polar surface area (TPSA) is 22.1 Å². The van der Waals surface area contributed by atoms with E-state index in [4.69, 9.17) is 4.74 Å². The predicted octanol–water partition coefficient (Wildman–Crippen LogP) is 7.16. The van der Waals surface area contributed by atoms with Crippen molar-refractivity contribution in [2.75, 3.05) is 7.11 Å². The molecule has 0 aliphatic carbocycles. The molecule has 1 heterocycles. The summed E-state index contributed by atoms with van der Waals surface area (Å²) in [6.45, 7) is 0. The van der Waals surface area contributed by atoms with Crippen molar-refractivity contribution in [2.24, 2.45) is 0 Å². The van der Waals surface area contributed by atoms with Crippen molar-refractivity contribution in [3.63, 3.8) is 0 Å². The molecule has 0 fully saturated rings. The Bertz CT molecular complexity index is 1160. The fourth-order valence-electron chi connectivity index (χ4n) is 2.87. The molecule has 4 aromatic rings. The van der Waals surface area contributed by atoms with E-state index in [0.717, 1.165) is 44.2 Å². The lowest BCUT2D eigenvalue weighted by Gasteiger charge is -2.05. The lowest BCUT2D eigenvalue weighted by molar-refractivity contribution is -0.137. The van der Waals surface area contributed by atoms with Crippen LogP contribution in [0.2, 0.25) is 0 Å². The molecule has 0 amide bonds. The van der Waals surface area contributed by atoms with Crippen LogP contribution in [-0.4, -0.2) is 12.1 Å². The van der Waals surface area contributed by atoms with E-state index < -0.39 is 11.7 Å². The molecule has 0 bridgehead atoms. The van der Waals surface area contributed by atoms with Crippen LogP contribution in [0.3, 0.4) is 0 Å². The van der Waals surface area contributed by atoms with Crippen LogP contribution in [0.4, 0.5) is 13.2 Å². The summed E-state index contributed by atoms with van der Waals surface area (Å²) in [7, 11) is 1.64. The largest absolute Gasteiger partial charge is 0.497 e. The fraction of sp³-hybridized carbons (Fsp3) is 0.0870. The molecule has 0 N–H and O–H groups in total. The predicted molar refractivity (Wildman–Crippen MR) is 112 cm³/mol. The number of nitrogens with zero attached hydrogens (tertiary/aromatic N) is 1. The number of hydrogen-bond acceptors (Lipinski definition) is 3. The molecule has 2 nitrogen and oxygen atoms in total. The number of methoxy groups -OCH3 is 1. The normalized spacial score (nSPS) is 12.0. The third kappa shape index (κ3) is 4.32.